The van der Waals surface area contributed by atoms with Crippen LogP contribution in [0.1, 0.15) is 102 Å². The third kappa shape index (κ3) is 6.29. The molecule has 1 saturated heterocycles. The Bertz CT molecular complexity index is 1930. The van der Waals surface area contributed by atoms with E-state index in [1.165, 1.54) is 47.9 Å². The molecule has 7 rings (SSSR count). The van der Waals surface area contributed by atoms with E-state index in [4.69, 9.17) is 14.6 Å². The fourth-order valence-electron chi connectivity index (χ4n) is 7.89. The Balaban J connectivity index is 1.47. The summed E-state index contributed by atoms with van der Waals surface area (Å²) in [6.45, 7) is 11.5. The van der Waals surface area contributed by atoms with E-state index in [0.717, 1.165) is 52.1 Å². The molecule has 4 heterocycles. The van der Waals surface area contributed by atoms with Gasteiger partial charge in [-0.15, -0.1) is 0 Å². The van der Waals surface area contributed by atoms with E-state index in [1.807, 2.05) is 35.6 Å². The Morgan fingerprint density at radius 1 is 1.08 bits per heavy atom. The summed E-state index contributed by atoms with van der Waals surface area (Å²) in [5.74, 6) is 1.09. The van der Waals surface area contributed by atoms with Gasteiger partial charge >= 0.3 is 0 Å². The molecule has 1 N–H and O–H groups in total. The number of amides is 2. The molecule has 9 nitrogen and oxygen atoms in total. The van der Waals surface area contributed by atoms with E-state index >= 15 is 0 Å². The summed E-state index contributed by atoms with van der Waals surface area (Å²) in [6.07, 6.45) is 8.22. The predicted octanol–water partition coefficient (Wildman–Crippen LogP) is 7.70. The average molecular weight is 682 g/mol. The van der Waals surface area contributed by atoms with Crippen LogP contribution in [0, 0.1) is 6.92 Å². The summed E-state index contributed by atoms with van der Waals surface area (Å²) >= 11 is 1.43. The first-order valence-electron chi connectivity index (χ1n) is 17.7. The fraction of sp³-hybridized carbons (Fsp3) is 0.462. The highest BCUT2D eigenvalue weighted by molar-refractivity contribution is 7.98. The van der Waals surface area contributed by atoms with Gasteiger partial charge in [0.1, 0.15) is 11.4 Å². The number of hydrogen-bond donors (Lipinski definition) is 1. The van der Waals surface area contributed by atoms with Crippen molar-refractivity contribution in [3.63, 3.8) is 0 Å². The second-order valence-corrected chi connectivity index (χ2v) is 15.0. The molecule has 1 aliphatic carbocycles. The standard InChI is InChI=1S/C39H47N5O4S/c1-6-44-37(39(46)42-16-18-48-19-17-42)34(25(4)40-44)29-20-28-21-30(47-5)13-15-31(28)36-35(26-10-8-7-9-11-26)32-14-12-27(22-33(32)43(36)23-29)38(45)41-49-24(2)3/h12-15,20-22,24,26H,6-11,16-19,23H2,1-5H3,(H,41,45). The Labute approximate surface area is 293 Å². The number of ether oxygens (including phenoxy) is 2. The molecule has 0 spiro atoms. The summed E-state index contributed by atoms with van der Waals surface area (Å²) in [5.41, 5.74) is 9.76. The lowest BCUT2D eigenvalue weighted by Crippen LogP contribution is -2.41. The number of methoxy groups -OCH3 is 1. The second-order valence-electron chi connectivity index (χ2n) is 13.7. The molecule has 4 aromatic rings. The minimum absolute atomic E-state index is 0.0149. The number of nitrogens with zero attached hydrogens (tertiary/aromatic N) is 4. The molecule has 0 bridgehead atoms. The normalized spacial score (nSPS) is 16.7. The first-order valence-corrected chi connectivity index (χ1v) is 18.6. The quantitative estimate of drug-likeness (QED) is 0.192. The lowest BCUT2D eigenvalue weighted by molar-refractivity contribution is 0.0294. The first-order chi connectivity index (χ1) is 23.8. The van der Waals surface area contributed by atoms with Crippen molar-refractivity contribution >= 4 is 46.3 Å². The number of fused-ring (bicyclic) bond motifs is 5. The summed E-state index contributed by atoms with van der Waals surface area (Å²) in [4.78, 5) is 29.6. The number of carbonyl (C=O) groups excluding carboxylic acids is 2. The second kappa shape index (κ2) is 14.1. The summed E-state index contributed by atoms with van der Waals surface area (Å²) < 4.78 is 18.6. The molecule has 0 atom stereocenters. The van der Waals surface area contributed by atoms with Crippen LogP contribution in [0.2, 0.25) is 0 Å². The maximum absolute atomic E-state index is 14.3. The molecule has 2 fully saturated rings. The zero-order chi connectivity index (χ0) is 34.2. The van der Waals surface area contributed by atoms with Gasteiger partial charge in [0, 0.05) is 59.0 Å². The lowest BCUT2D eigenvalue weighted by Gasteiger charge is -2.27. The van der Waals surface area contributed by atoms with Crippen molar-refractivity contribution in [3.05, 3.63) is 70.0 Å². The molecule has 2 amide bonds. The van der Waals surface area contributed by atoms with E-state index in [0.29, 0.717) is 56.6 Å². The number of aryl methyl sites for hydroxylation is 2. The largest absolute Gasteiger partial charge is 0.497 e. The molecule has 1 saturated carbocycles. The van der Waals surface area contributed by atoms with E-state index in [9.17, 15) is 9.59 Å². The predicted molar refractivity (Wildman–Crippen MR) is 197 cm³/mol. The highest BCUT2D eigenvalue weighted by atomic mass is 32.2. The van der Waals surface area contributed by atoms with Crippen LogP contribution in [0.25, 0.3) is 33.8 Å². The highest BCUT2D eigenvalue weighted by Gasteiger charge is 2.33. The Morgan fingerprint density at radius 3 is 2.57 bits per heavy atom. The van der Waals surface area contributed by atoms with E-state index in [2.05, 4.69) is 53.5 Å². The van der Waals surface area contributed by atoms with Gasteiger partial charge in [-0.1, -0.05) is 39.2 Å². The molecular formula is C39H47N5O4S. The number of benzene rings is 2. The van der Waals surface area contributed by atoms with E-state index < -0.39 is 0 Å². The van der Waals surface area contributed by atoms with Crippen LogP contribution in [-0.2, 0) is 17.8 Å². The molecule has 2 aromatic carbocycles. The van der Waals surface area contributed by atoms with Crippen LogP contribution >= 0.6 is 11.9 Å². The minimum Gasteiger partial charge on any atom is -0.497 e. The van der Waals surface area contributed by atoms with Gasteiger partial charge in [0.15, 0.2) is 0 Å². The molecule has 258 valence electrons. The first kappa shape index (κ1) is 33.5. The number of allylic oxidation sites excluding steroid dienone is 1. The van der Waals surface area contributed by atoms with Gasteiger partial charge in [-0.25, -0.2) is 0 Å². The minimum atomic E-state index is -0.0941. The maximum Gasteiger partial charge on any atom is 0.272 e. The molecule has 2 aliphatic heterocycles. The molecule has 2 aromatic heterocycles. The number of rotatable bonds is 8. The van der Waals surface area contributed by atoms with E-state index in [-0.39, 0.29) is 17.1 Å². The van der Waals surface area contributed by atoms with Crippen molar-refractivity contribution in [3.8, 4) is 17.0 Å². The van der Waals surface area contributed by atoms with Crippen LogP contribution in [0.4, 0.5) is 0 Å². The molecule has 49 heavy (non-hydrogen) atoms. The fourth-order valence-corrected chi connectivity index (χ4v) is 8.35. The highest BCUT2D eigenvalue weighted by Crippen LogP contribution is 2.48. The van der Waals surface area contributed by atoms with Gasteiger partial charge in [-0.05, 0) is 97.7 Å². The van der Waals surface area contributed by atoms with Gasteiger partial charge in [-0.3, -0.25) is 19.0 Å². The van der Waals surface area contributed by atoms with Crippen LogP contribution in [0.15, 0.2) is 36.4 Å². The van der Waals surface area contributed by atoms with Gasteiger partial charge in [0.2, 0.25) is 0 Å². The van der Waals surface area contributed by atoms with E-state index in [1.54, 1.807) is 7.11 Å². The van der Waals surface area contributed by atoms with Gasteiger partial charge in [0.25, 0.3) is 11.8 Å². The summed E-state index contributed by atoms with van der Waals surface area (Å²) in [6, 6.07) is 12.5. The summed E-state index contributed by atoms with van der Waals surface area (Å²) in [7, 11) is 1.70. The third-order valence-corrected chi connectivity index (χ3v) is 11.0. The van der Waals surface area contributed by atoms with Gasteiger partial charge in [-0.2, -0.15) is 5.10 Å². The number of morpholine rings is 1. The van der Waals surface area contributed by atoms with Gasteiger partial charge < -0.3 is 18.9 Å². The van der Waals surface area contributed by atoms with Gasteiger partial charge in [0.05, 0.1) is 31.7 Å². The smallest absolute Gasteiger partial charge is 0.272 e. The number of aromatic nitrogens is 3. The van der Waals surface area contributed by atoms with Crippen molar-refractivity contribution in [2.45, 2.75) is 84.1 Å². The van der Waals surface area contributed by atoms with Crippen LogP contribution < -0.4 is 9.46 Å². The number of carbonyl (C=O) groups is 2. The Morgan fingerprint density at radius 2 is 1.86 bits per heavy atom. The van der Waals surface area contributed by atoms with Crippen LogP contribution in [0.5, 0.6) is 5.75 Å². The van der Waals surface area contributed by atoms with Crippen molar-refractivity contribution in [2.24, 2.45) is 0 Å². The SMILES string of the molecule is CCn1nc(C)c(C2=Cc3cc(OC)ccc3-c3c(C4CCCCC4)c4ccc(C(=O)NSC(C)C)cc4n3C2)c1C(=O)N1CCOCC1. The lowest BCUT2D eigenvalue weighted by atomic mass is 9.81. The number of nitrogens with one attached hydrogen (secondary N) is 1. The van der Waals surface area contributed by atoms with Crippen LogP contribution in [0.3, 0.4) is 0 Å². The molecular weight excluding hydrogens is 635 g/mol. The third-order valence-electron chi connectivity index (χ3n) is 10.2. The van der Waals surface area contributed by atoms with Crippen molar-refractivity contribution in [1.29, 1.82) is 0 Å². The van der Waals surface area contributed by atoms with Crippen molar-refractivity contribution in [1.82, 2.24) is 24.0 Å². The van der Waals surface area contributed by atoms with Crippen molar-refractivity contribution < 1.29 is 19.1 Å². The summed E-state index contributed by atoms with van der Waals surface area (Å²) in [5, 5.41) is 6.39. The molecule has 0 unspecified atom stereocenters. The topological polar surface area (TPSA) is 90.6 Å². The van der Waals surface area contributed by atoms with Crippen LogP contribution in [-0.4, -0.2) is 69.7 Å². The molecule has 0 radical (unpaired) electrons. The van der Waals surface area contributed by atoms with Crippen molar-refractivity contribution in [2.75, 3.05) is 33.4 Å². The zero-order valence-corrected chi connectivity index (χ0v) is 30.1. The Hall–Kier alpha value is -4.02. The average Bonchev–Trinajstić information content (AvgIpc) is 3.57. The Kier molecular flexibility index (Phi) is 9.61. The monoisotopic (exact) mass is 681 g/mol. The molecule has 3 aliphatic rings. The molecule has 10 heteroatoms. The number of hydrogen-bond acceptors (Lipinski definition) is 6. The maximum atomic E-state index is 14.3. The zero-order valence-electron chi connectivity index (χ0n) is 29.3.